The van der Waals surface area contributed by atoms with Crippen molar-refractivity contribution in [1.82, 2.24) is 4.90 Å². The number of para-hydroxylation sites is 2. The number of carboxylic acid groups (broad SMARTS) is 2. The highest BCUT2D eigenvalue weighted by Crippen LogP contribution is 2.26. The number of carbonyl (C=O) groups is 3. The van der Waals surface area contributed by atoms with Crippen LogP contribution in [0.5, 0.6) is 0 Å². The zero-order valence-corrected chi connectivity index (χ0v) is 12.7. The molecular formula is C17H16N2O5. The molecule has 0 aliphatic carbocycles. The molecular weight excluding hydrogens is 312 g/mol. The number of hydrogen-bond donors (Lipinski definition) is 2. The lowest BCUT2D eigenvalue weighted by Gasteiger charge is -2.29. The van der Waals surface area contributed by atoms with E-state index in [1.165, 1.54) is 4.90 Å². The minimum Gasteiger partial charge on any atom is -0.480 e. The molecule has 2 amide bonds. The molecule has 2 aromatic rings. The van der Waals surface area contributed by atoms with Gasteiger partial charge in [-0.2, -0.15) is 0 Å². The number of nitrogens with zero attached hydrogens (tertiary/aromatic N) is 2. The zero-order chi connectivity index (χ0) is 17.5. The van der Waals surface area contributed by atoms with Crippen molar-refractivity contribution < 1.29 is 24.6 Å². The average Bonchev–Trinajstić information content (AvgIpc) is 2.55. The lowest BCUT2D eigenvalue weighted by Crippen LogP contribution is -2.45. The lowest BCUT2D eigenvalue weighted by molar-refractivity contribution is -0.140. The SMILES string of the molecule is O=C(O)CN(CC(=O)O)C(=O)N(c1ccccc1)c1ccccc1. The van der Waals surface area contributed by atoms with Gasteiger partial charge in [-0.15, -0.1) is 0 Å². The summed E-state index contributed by atoms with van der Waals surface area (Å²) >= 11 is 0. The number of hydrogen-bond acceptors (Lipinski definition) is 3. The summed E-state index contributed by atoms with van der Waals surface area (Å²) in [7, 11) is 0. The number of rotatable bonds is 6. The molecule has 2 N–H and O–H groups in total. The van der Waals surface area contributed by atoms with Crippen LogP contribution in [0, 0.1) is 0 Å². The maximum absolute atomic E-state index is 12.8. The molecule has 0 spiro atoms. The van der Waals surface area contributed by atoms with Crippen LogP contribution in [0.2, 0.25) is 0 Å². The Bertz CT molecular complexity index is 663. The van der Waals surface area contributed by atoms with Gasteiger partial charge in [0, 0.05) is 0 Å². The van der Waals surface area contributed by atoms with Crippen molar-refractivity contribution in [3.05, 3.63) is 60.7 Å². The van der Waals surface area contributed by atoms with Gasteiger partial charge in [0.15, 0.2) is 0 Å². The summed E-state index contributed by atoms with van der Waals surface area (Å²) < 4.78 is 0. The first-order valence-electron chi connectivity index (χ1n) is 7.11. The second-order valence-corrected chi connectivity index (χ2v) is 4.93. The number of amides is 2. The van der Waals surface area contributed by atoms with Crippen LogP contribution in [0.25, 0.3) is 0 Å². The fourth-order valence-corrected chi connectivity index (χ4v) is 2.18. The monoisotopic (exact) mass is 328 g/mol. The highest BCUT2D eigenvalue weighted by molar-refractivity contribution is 6.01. The smallest absolute Gasteiger partial charge is 0.330 e. The number of carbonyl (C=O) groups excluding carboxylic acids is 1. The van der Waals surface area contributed by atoms with Gasteiger partial charge in [0.25, 0.3) is 0 Å². The molecule has 0 aromatic heterocycles. The van der Waals surface area contributed by atoms with Gasteiger partial charge >= 0.3 is 18.0 Å². The van der Waals surface area contributed by atoms with Crippen molar-refractivity contribution in [1.29, 1.82) is 0 Å². The van der Waals surface area contributed by atoms with E-state index in [0.29, 0.717) is 11.4 Å². The van der Waals surface area contributed by atoms with Crippen LogP contribution < -0.4 is 4.90 Å². The van der Waals surface area contributed by atoms with Crippen molar-refractivity contribution in [3.63, 3.8) is 0 Å². The maximum Gasteiger partial charge on any atom is 0.330 e. The topological polar surface area (TPSA) is 98.1 Å². The third-order valence-corrected chi connectivity index (χ3v) is 3.14. The second-order valence-electron chi connectivity index (χ2n) is 4.93. The predicted molar refractivity (Wildman–Crippen MR) is 87.3 cm³/mol. The molecule has 2 rings (SSSR count). The van der Waals surface area contributed by atoms with E-state index in [-0.39, 0.29) is 0 Å². The summed E-state index contributed by atoms with van der Waals surface area (Å²) in [5.41, 5.74) is 1.02. The van der Waals surface area contributed by atoms with Crippen LogP contribution in [0.4, 0.5) is 16.2 Å². The van der Waals surface area contributed by atoms with Crippen molar-refractivity contribution in [2.45, 2.75) is 0 Å². The van der Waals surface area contributed by atoms with Gasteiger partial charge in [0.05, 0.1) is 11.4 Å². The van der Waals surface area contributed by atoms with Crippen molar-refractivity contribution in [2.24, 2.45) is 0 Å². The molecule has 0 fully saturated rings. The number of aliphatic carboxylic acids is 2. The molecule has 24 heavy (non-hydrogen) atoms. The van der Waals surface area contributed by atoms with Gasteiger partial charge in [-0.1, -0.05) is 36.4 Å². The molecule has 0 atom stereocenters. The molecule has 0 heterocycles. The average molecular weight is 328 g/mol. The summed E-state index contributed by atoms with van der Waals surface area (Å²) in [6.45, 7) is -1.41. The van der Waals surface area contributed by atoms with E-state index < -0.39 is 31.1 Å². The largest absolute Gasteiger partial charge is 0.480 e. The Morgan fingerprint density at radius 3 is 1.42 bits per heavy atom. The number of anilines is 2. The quantitative estimate of drug-likeness (QED) is 0.848. The van der Waals surface area contributed by atoms with E-state index in [1.54, 1.807) is 60.7 Å². The van der Waals surface area contributed by atoms with Crippen LogP contribution in [0.3, 0.4) is 0 Å². The Labute approximate surface area is 138 Å². The van der Waals surface area contributed by atoms with Gasteiger partial charge in [-0.05, 0) is 24.3 Å². The van der Waals surface area contributed by atoms with Gasteiger partial charge in [0.2, 0.25) is 0 Å². The van der Waals surface area contributed by atoms with Gasteiger partial charge in [0.1, 0.15) is 13.1 Å². The van der Waals surface area contributed by atoms with Gasteiger partial charge < -0.3 is 15.1 Å². The van der Waals surface area contributed by atoms with E-state index in [1.807, 2.05) is 0 Å². The van der Waals surface area contributed by atoms with E-state index in [4.69, 9.17) is 10.2 Å². The Hall–Kier alpha value is -3.35. The summed E-state index contributed by atoms with van der Waals surface area (Å²) in [6, 6.07) is 16.5. The summed E-state index contributed by atoms with van der Waals surface area (Å²) in [6.07, 6.45) is 0. The predicted octanol–water partition coefficient (Wildman–Crippen LogP) is 2.42. The van der Waals surface area contributed by atoms with Crippen molar-refractivity contribution >= 4 is 29.3 Å². The molecule has 2 aromatic carbocycles. The summed E-state index contributed by atoms with van der Waals surface area (Å²) in [5.74, 6) is -2.57. The first-order valence-corrected chi connectivity index (χ1v) is 7.11. The zero-order valence-electron chi connectivity index (χ0n) is 12.7. The standard InChI is InChI=1S/C17H16N2O5/c20-15(21)11-18(12-16(22)23)17(24)19(13-7-3-1-4-8-13)14-9-5-2-6-10-14/h1-10H,11-12H2,(H,20,21)(H,22,23). The van der Waals surface area contributed by atoms with Crippen LogP contribution in [-0.2, 0) is 9.59 Å². The normalized spacial score (nSPS) is 10.0. The van der Waals surface area contributed by atoms with Crippen LogP contribution in [0.15, 0.2) is 60.7 Å². The Kier molecular flexibility index (Phi) is 5.51. The van der Waals surface area contributed by atoms with E-state index in [2.05, 4.69) is 0 Å². The van der Waals surface area contributed by atoms with Crippen molar-refractivity contribution in [2.75, 3.05) is 18.0 Å². The molecule has 7 nitrogen and oxygen atoms in total. The lowest BCUT2D eigenvalue weighted by atomic mass is 10.2. The highest BCUT2D eigenvalue weighted by Gasteiger charge is 2.27. The van der Waals surface area contributed by atoms with Crippen LogP contribution >= 0.6 is 0 Å². The Morgan fingerprint density at radius 1 is 0.708 bits per heavy atom. The molecule has 0 aliphatic rings. The third-order valence-electron chi connectivity index (χ3n) is 3.14. The second kappa shape index (κ2) is 7.77. The number of urea groups is 1. The molecule has 0 bridgehead atoms. The molecule has 0 radical (unpaired) electrons. The summed E-state index contributed by atoms with van der Waals surface area (Å²) in [5, 5.41) is 17.9. The van der Waals surface area contributed by atoms with Crippen LogP contribution in [-0.4, -0.2) is 46.2 Å². The molecule has 124 valence electrons. The van der Waals surface area contributed by atoms with E-state index >= 15 is 0 Å². The van der Waals surface area contributed by atoms with Crippen molar-refractivity contribution in [3.8, 4) is 0 Å². The fraction of sp³-hybridized carbons (Fsp3) is 0.118. The third kappa shape index (κ3) is 4.33. The minimum atomic E-state index is -1.29. The maximum atomic E-state index is 12.8. The summed E-state index contributed by atoms with van der Waals surface area (Å²) in [4.78, 5) is 36.9. The van der Waals surface area contributed by atoms with E-state index in [0.717, 1.165) is 4.90 Å². The first kappa shape index (κ1) is 17.0. The van der Waals surface area contributed by atoms with Gasteiger partial charge in [-0.3, -0.25) is 14.5 Å². The van der Waals surface area contributed by atoms with Crippen LogP contribution in [0.1, 0.15) is 0 Å². The van der Waals surface area contributed by atoms with E-state index in [9.17, 15) is 14.4 Å². The molecule has 0 saturated heterocycles. The Morgan fingerprint density at radius 2 is 1.08 bits per heavy atom. The highest BCUT2D eigenvalue weighted by atomic mass is 16.4. The first-order chi connectivity index (χ1) is 11.5. The molecule has 0 aliphatic heterocycles. The number of benzene rings is 2. The number of carboxylic acids is 2. The molecule has 0 saturated carbocycles. The van der Waals surface area contributed by atoms with Gasteiger partial charge in [-0.25, -0.2) is 4.79 Å². The Balaban J connectivity index is 2.43. The molecule has 7 heteroatoms. The minimum absolute atomic E-state index is 0.509. The molecule has 0 unspecified atom stereocenters. The fourth-order valence-electron chi connectivity index (χ4n) is 2.18.